The van der Waals surface area contributed by atoms with Gasteiger partial charge in [0.25, 0.3) is 5.91 Å². The van der Waals surface area contributed by atoms with Gasteiger partial charge in [0.15, 0.2) is 0 Å². The SMILES string of the molecule is COc1ccccc1C(=O)NCC1CCN(S(=O)(=O)C2CC2)CC1. The van der Waals surface area contributed by atoms with Crippen LogP contribution in [0.5, 0.6) is 5.75 Å². The summed E-state index contributed by atoms with van der Waals surface area (Å²) in [7, 11) is -1.52. The third-order valence-corrected chi connectivity index (χ3v) is 7.18. The number of rotatable bonds is 6. The summed E-state index contributed by atoms with van der Waals surface area (Å²) in [6.45, 7) is 1.69. The van der Waals surface area contributed by atoms with Gasteiger partial charge in [-0.2, -0.15) is 0 Å². The molecular formula is C17H24N2O4S. The van der Waals surface area contributed by atoms with Crippen LogP contribution in [0.1, 0.15) is 36.0 Å². The summed E-state index contributed by atoms with van der Waals surface area (Å²) in [6.07, 6.45) is 3.19. The molecule has 132 valence electrons. The molecular weight excluding hydrogens is 328 g/mol. The molecule has 0 unspecified atom stereocenters. The molecule has 1 heterocycles. The van der Waals surface area contributed by atoms with Crippen LogP contribution >= 0.6 is 0 Å². The smallest absolute Gasteiger partial charge is 0.255 e. The standard InChI is InChI=1S/C17H24N2O4S/c1-23-16-5-3-2-4-15(16)17(20)18-12-13-8-10-19(11-9-13)24(21,22)14-6-7-14/h2-5,13-14H,6-12H2,1H3,(H,18,20). The second kappa shape index (κ2) is 7.11. The molecule has 0 radical (unpaired) electrons. The monoisotopic (exact) mass is 352 g/mol. The summed E-state index contributed by atoms with van der Waals surface area (Å²) in [5.74, 6) is 0.718. The Kier molecular flexibility index (Phi) is 5.10. The van der Waals surface area contributed by atoms with Crippen molar-refractivity contribution >= 4 is 15.9 Å². The molecule has 2 aliphatic rings. The van der Waals surface area contributed by atoms with Crippen molar-refractivity contribution in [2.24, 2.45) is 5.92 Å². The third kappa shape index (κ3) is 3.72. The quantitative estimate of drug-likeness (QED) is 0.844. The van der Waals surface area contributed by atoms with Crippen molar-refractivity contribution in [2.45, 2.75) is 30.9 Å². The normalized spacial score (nSPS) is 19.9. The molecule has 24 heavy (non-hydrogen) atoms. The number of methoxy groups -OCH3 is 1. The first-order valence-electron chi connectivity index (χ1n) is 8.42. The lowest BCUT2D eigenvalue weighted by Crippen LogP contribution is -2.42. The molecule has 0 atom stereocenters. The molecule has 7 heteroatoms. The lowest BCUT2D eigenvalue weighted by atomic mass is 9.98. The average Bonchev–Trinajstić information content (AvgIpc) is 3.45. The number of nitrogens with zero attached hydrogens (tertiary/aromatic N) is 1. The molecule has 0 spiro atoms. The maximum atomic E-state index is 12.3. The minimum absolute atomic E-state index is 0.140. The van der Waals surface area contributed by atoms with Crippen molar-refractivity contribution in [1.82, 2.24) is 9.62 Å². The van der Waals surface area contributed by atoms with Gasteiger partial charge in [-0.25, -0.2) is 12.7 Å². The fourth-order valence-corrected chi connectivity index (χ4v) is 4.98. The van der Waals surface area contributed by atoms with Gasteiger partial charge in [0.2, 0.25) is 10.0 Å². The Morgan fingerprint density at radius 3 is 2.50 bits per heavy atom. The van der Waals surface area contributed by atoms with Crippen LogP contribution in [0, 0.1) is 5.92 Å². The summed E-state index contributed by atoms with van der Waals surface area (Å²) >= 11 is 0. The number of sulfonamides is 1. The maximum absolute atomic E-state index is 12.3. The van der Waals surface area contributed by atoms with Crippen LogP contribution in [0.2, 0.25) is 0 Å². The van der Waals surface area contributed by atoms with Gasteiger partial charge in [-0.1, -0.05) is 12.1 Å². The number of hydrogen-bond donors (Lipinski definition) is 1. The number of carbonyl (C=O) groups is 1. The third-order valence-electron chi connectivity index (χ3n) is 4.78. The summed E-state index contributed by atoms with van der Waals surface area (Å²) < 4.78 is 31.3. The van der Waals surface area contributed by atoms with Crippen molar-refractivity contribution in [3.8, 4) is 5.75 Å². The van der Waals surface area contributed by atoms with Crippen LogP contribution in [0.15, 0.2) is 24.3 Å². The number of para-hydroxylation sites is 1. The predicted molar refractivity (Wildman–Crippen MR) is 91.6 cm³/mol. The van der Waals surface area contributed by atoms with Gasteiger partial charge >= 0.3 is 0 Å². The molecule has 1 aliphatic heterocycles. The van der Waals surface area contributed by atoms with Crippen LogP contribution in [0.4, 0.5) is 0 Å². The lowest BCUT2D eigenvalue weighted by Gasteiger charge is -2.31. The van der Waals surface area contributed by atoms with Crippen LogP contribution in [0.3, 0.4) is 0 Å². The molecule has 6 nitrogen and oxygen atoms in total. The maximum Gasteiger partial charge on any atom is 0.255 e. The second-order valence-electron chi connectivity index (χ2n) is 6.50. The molecule has 1 aromatic carbocycles. The van der Waals surface area contributed by atoms with E-state index in [1.165, 1.54) is 0 Å². The fourth-order valence-electron chi connectivity index (χ4n) is 3.11. The molecule has 0 bridgehead atoms. The summed E-state index contributed by atoms with van der Waals surface area (Å²) in [5.41, 5.74) is 0.522. The summed E-state index contributed by atoms with van der Waals surface area (Å²) in [4.78, 5) is 12.3. The Morgan fingerprint density at radius 1 is 1.21 bits per heavy atom. The zero-order valence-electron chi connectivity index (χ0n) is 13.9. The number of hydrogen-bond acceptors (Lipinski definition) is 4. The zero-order chi connectivity index (χ0) is 17.2. The van der Waals surface area contributed by atoms with Crippen molar-refractivity contribution in [1.29, 1.82) is 0 Å². The van der Waals surface area contributed by atoms with Crippen molar-refractivity contribution in [3.05, 3.63) is 29.8 Å². The summed E-state index contributed by atoms with van der Waals surface area (Å²) in [5, 5.41) is 2.81. The van der Waals surface area contributed by atoms with Gasteiger partial charge in [-0.15, -0.1) is 0 Å². The highest BCUT2D eigenvalue weighted by atomic mass is 32.2. The van der Waals surface area contributed by atoms with Crippen molar-refractivity contribution in [2.75, 3.05) is 26.7 Å². The number of nitrogens with one attached hydrogen (secondary N) is 1. The Hall–Kier alpha value is -1.60. The highest BCUT2D eigenvalue weighted by Crippen LogP contribution is 2.33. The van der Waals surface area contributed by atoms with E-state index in [1.807, 2.05) is 6.07 Å². The minimum atomic E-state index is -3.07. The molecule has 1 N–H and O–H groups in total. The highest BCUT2D eigenvalue weighted by Gasteiger charge is 2.41. The molecule has 1 aromatic rings. The Morgan fingerprint density at radius 2 is 1.88 bits per heavy atom. The Labute approximate surface area is 143 Å². The van der Waals surface area contributed by atoms with Crippen LogP contribution < -0.4 is 10.1 Å². The predicted octanol–water partition coefficient (Wildman–Crippen LogP) is 1.63. The Balaban J connectivity index is 1.49. The molecule has 0 aromatic heterocycles. The van der Waals surface area contributed by atoms with Crippen molar-refractivity contribution in [3.63, 3.8) is 0 Å². The van der Waals surface area contributed by atoms with E-state index in [2.05, 4.69) is 5.32 Å². The first-order valence-corrected chi connectivity index (χ1v) is 9.93. The number of carbonyl (C=O) groups excluding carboxylic acids is 1. The van der Waals surface area contributed by atoms with E-state index < -0.39 is 10.0 Å². The molecule has 3 rings (SSSR count). The van der Waals surface area contributed by atoms with Crippen LogP contribution in [-0.4, -0.2) is 50.6 Å². The Bertz CT molecular complexity index is 692. The van der Waals surface area contributed by atoms with E-state index in [0.29, 0.717) is 36.9 Å². The fraction of sp³-hybridized carbons (Fsp3) is 0.588. The molecule has 1 saturated carbocycles. The minimum Gasteiger partial charge on any atom is -0.496 e. The lowest BCUT2D eigenvalue weighted by molar-refractivity contribution is 0.0938. The highest BCUT2D eigenvalue weighted by molar-refractivity contribution is 7.90. The average molecular weight is 352 g/mol. The van der Waals surface area contributed by atoms with Gasteiger partial charge in [0, 0.05) is 19.6 Å². The molecule has 1 saturated heterocycles. The number of benzene rings is 1. The number of amides is 1. The first-order chi connectivity index (χ1) is 11.5. The van der Waals surface area contributed by atoms with Gasteiger partial charge < -0.3 is 10.1 Å². The van der Waals surface area contributed by atoms with E-state index in [9.17, 15) is 13.2 Å². The number of piperidine rings is 1. The molecule has 1 aliphatic carbocycles. The van der Waals surface area contributed by atoms with E-state index in [-0.39, 0.29) is 11.2 Å². The van der Waals surface area contributed by atoms with Gasteiger partial charge in [0.05, 0.1) is 17.9 Å². The topological polar surface area (TPSA) is 75.7 Å². The molecule has 2 fully saturated rings. The second-order valence-corrected chi connectivity index (χ2v) is 8.71. The first kappa shape index (κ1) is 17.2. The van der Waals surface area contributed by atoms with Gasteiger partial charge in [0.1, 0.15) is 5.75 Å². The van der Waals surface area contributed by atoms with Crippen molar-refractivity contribution < 1.29 is 17.9 Å². The van der Waals surface area contributed by atoms with Gasteiger partial charge in [-0.3, -0.25) is 4.79 Å². The number of ether oxygens (including phenoxy) is 1. The van der Waals surface area contributed by atoms with E-state index in [1.54, 1.807) is 29.6 Å². The van der Waals surface area contributed by atoms with Crippen LogP contribution in [0.25, 0.3) is 0 Å². The van der Waals surface area contributed by atoms with E-state index >= 15 is 0 Å². The van der Waals surface area contributed by atoms with E-state index in [4.69, 9.17) is 4.74 Å². The molecule has 1 amide bonds. The van der Waals surface area contributed by atoms with Crippen LogP contribution in [-0.2, 0) is 10.0 Å². The largest absolute Gasteiger partial charge is 0.496 e. The van der Waals surface area contributed by atoms with Gasteiger partial charge in [-0.05, 0) is 43.7 Å². The summed E-state index contributed by atoms with van der Waals surface area (Å²) in [6, 6.07) is 7.12. The zero-order valence-corrected chi connectivity index (χ0v) is 14.7. The van der Waals surface area contributed by atoms with E-state index in [0.717, 1.165) is 25.7 Å².